The molecule has 122 valence electrons. The predicted molar refractivity (Wildman–Crippen MR) is 94.1 cm³/mol. The number of thiazole rings is 1. The number of carbonyl (C=O) groups is 1. The molecule has 1 aliphatic heterocycles. The van der Waals surface area contributed by atoms with Crippen LogP contribution in [0.4, 0.5) is 5.13 Å². The number of nitrogens with one attached hydrogen (secondary N) is 2. The van der Waals surface area contributed by atoms with Crippen LogP contribution < -0.4 is 16.6 Å². The fourth-order valence-electron chi connectivity index (χ4n) is 3.16. The van der Waals surface area contributed by atoms with Gasteiger partial charge in [0, 0.05) is 28.3 Å². The number of rotatable bonds is 1. The average molecular weight is 340 g/mol. The van der Waals surface area contributed by atoms with Crippen LogP contribution in [0.3, 0.4) is 0 Å². The van der Waals surface area contributed by atoms with Crippen molar-refractivity contribution in [3.63, 3.8) is 0 Å². The SMILES string of the molecule is Cc1ccc2cc(C3CC(=O)NCc4nc(N)sc43)c(=O)[nH]c2c1. The van der Waals surface area contributed by atoms with Crippen LogP contribution in [-0.2, 0) is 11.3 Å². The van der Waals surface area contributed by atoms with E-state index in [2.05, 4.69) is 15.3 Å². The van der Waals surface area contributed by atoms with E-state index in [1.54, 1.807) is 0 Å². The number of hydrogen-bond donors (Lipinski definition) is 3. The van der Waals surface area contributed by atoms with E-state index in [0.29, 0.717) is 17.2 Å². The number of fused-ring (bicyclic) bond motifs is 2. The first-order chi connectivity index (χ1) is 11.5. The number of hydrogen-bond acceptors (Lipinski definition) is 5. The Morgan fingerprint density at radius 1 is 1.29 bits per heavy atom. The van der Waals surface area contributed by atoms with Crippen LogP contribution in [0.2, 0.25) is 0 Å². The van der Waals surface area contributed by atoms with Gasteiger partial charge in [-0.15, -0.1) is 11.3 Å². The van der Waals surface area contributed by atoms with Gasteiger partial charge in [0.15, 0.2) is 5.13 Å². The third-order valence-corrected chi connectivity index (χ3v) is 5.35. The van der Waals surface area contributed by atoms with E-state index in [0.717, 1.165) is 27.0 Å². The quantitative estimate of drug-likeness (QED) is 0.631. The number of pyridine rings is 1. The van der Waals surface area contributed by atoms with E-state index >= 15 is 0 Å². The zero-order valence-electron chi connectivity index (χ0n) is 13.1. The number of nitrogens with two attached hydrogens (primary N) is 1. The van der Waals surface area contributed by atoms with E-state index in [-0.39, 0.29) is 23.8 Å². The first-order valence-corrected chi connectivity index (χ1v) is 8.48. The summed E-state index contributed by atoms with van der Waals surface area (Å²) < 4.78 is 0. The molecule has 3 aromatic rings. The molecule has 24 heavy (non-hydrogen) atoms. The molecule has 1 atom stereocenters. The monoisotopic (exact) mass is 340 g/mol. The van der Waals surface area contributed by atoms with Gasteiger partial charge in [-0.1, -0.05) is 12.1 Å². The molecule has 0 bridgehead atoms. The predicted octanol–water partition coefficient (Wildman–Crippen LogP) is 2.03. The Kier molecular flexibility index (Phi) is 3.38. The Morgan fingerprint density at radius 2 is 2.12 bits per heavy atom. The first kappa shape index (κ1) is 14.9. The molecule has 0 saturated carbocycles. The lowest BCUT2D eigenvalue weighted by Gasteiger charge is -2.13. The van der Waals surface area contributed by atoms with Crippen LogP contribution in [0.25, 0.3) is 10.9 Å². The van der Waals surface area contributed by atoms with Crippen LogP contribution in [0.1, 0.15) is 34.0 Å². The Labute approximate surface area is 141 Å². The third kappa shape index (κ3) is 2.46. The molecule has 1 aliphatic rings. The van der Waals surface area contributed by atoms with Gasteiger partial charge in [0.25, 0.3) is 5.56 Å². The van der Waals surface area contributed by atoms with Crippen molar-refractivity contribution >= 4 is 33.3 Å². The highest BCUT2D eigenvalue weighted by molar-refractivity contribution is 7.15. The van der Waals surface area contributed by atoms with Crippen LogP contribution in [0.5, 0.6) is 0 Å². The van der Waals surface area contributed by atoms with E-state index in [9.17, 15) is 9.59 Å². The Bertz CT molecular complexity index is 1020. The van der Waals surface area contributed by atoms with E-state index < -0.39 is 0 Å². The maximum Gasteiger partial charge on any atom is 0.252 e. The minimum absolute atomic E-state index is 0.0906. The van der Waals surface area contributed by atoms with Crippen LogP contribution >= 0.6 is 11.3 Å². The third-order valence-electron chi connectivity index (χ3n) is 4.31. The molecule has 1 unspecified atom stereocenters. The highest BCUT2D eigenvalue weighted by atomic mass is 32.1. The minimum Gasteiger partial charge on any atom is -0.375 e. The molecule has 0 spiro atoms. The standard InChI is InChI=1S/C17H16N4O2S/c1-8-2-3-9-5-11(16(23)20-12(9)4-8)10-6-14(22)19-7-13-15(10)24-17(18)21-13/h2-5,10H,6-7H2,1H3,(H2,18,21)(H,19,22)(H,20,23). The number of carbonyl (C=O) groups excluding carboxylic acids is 1. The summed E-state index contributed by atoms with van der Waals surface area (Å²) in [5.41, 5.74) is 8.87. The maximum absolute atomic E-state index is 12.6. The molecule has 3 heterocycles. The van der Waals surface area contributed by atoms with E-state index in [4.69, 9.17) is 5.73 Å². The topological polar surface area (TPSA) is 101 Å². The molecule has 0 saturated heterocycles. The van der Waals surface area contributed by atoms with Gasteiger partial charge in [-0.05, 0) is 30.0 Å². The number of nitrogens with zero attached hydrogens (tertiary/aromatic N) is 1. The number of benzene rings is 1. The van der Waals surface area contributed by atoms with Gasteiger partial charge in [-0.2, -0.15) is 0 Å². The zero-order chi connectivity index (χ0) is 16.8. The molecule has 6 nitrogen and oxygen atoms in total. The van der Waals surface area contributed by atoms with Gasteiger partial charge >= 0.3 is 0 Å². The highest BCUT2D eigenvalue weighted by Crippen LogP contribution is 2.36. The van der Waals surface area contributed by atoms with Crippen molar-refractivity contribution in [1.29, 1.82) is 0 Å². The average Bonchev–Trinajstić information content (AvgIpc) is 2.84. The second kappa shape index (κ2) is 5.45. The molecule has 0 radical (unpaired) electrons. The number of amides is 1. The van der Waals surface area contributed by atoms with Crippen LogP contribution in [0, 0.1) is 6.92 Å². The number of aryl methyl sites for hydroxylation is 1. The van der Waals surface area contributed by atoms with Crippen molar-refractivity contribution in [2.24, 2.45) is 0 Å². The number of H-pyrrole nitrogens is 1. The molecular weight excluding hydrogens is 324 g/mol. The smallest absolute Gasteiger partial charge is 0.252 e. The van der Waals surface area contributed by atoms with Gasteiger partial charge < -0.3 is 16.0 Å². The number of aromatic nitrogens is 2. The second-order valence-corrected chi connectivity index (χ2v) is 7.10. The van der Waals surface area contributed by atoms with Gasteiger partial charge in [0.05, 0.1) is 12.2 Å². The normalized spacial score (nSPS) is 17.4. The second-order valence-electron chi connectivity index (χ2n) is 6.04. The van der Waals surface area contributed by atoms with E-state index in [1.165, 1.54) is 11.3 Å². The van der Waals surface area contributed by atoms with Gasteiger partial charge in [0.1, 0.15) is 0 Å². The van der Waals surface area contributed by atoms with E-state index in [1.807, 2.05) is 31.2 Å². The molecule has 2 aromatic heterocycles. The zero-order valence-corrected chi connectivity index (χ0v) is 13.9. The maximum atomic E-state index is 12.6. The molecule has 0 fully saturated rings. The lowest BCUT2D eigenvalue weighted by Crippen LogP contribution is -2.23. The van der Waals surface area contributed by atoms with Crippen molar-refractivity contribution in [3.8, 4) is 0 Å². The summed E-state index contributed by atoms with van der Waals surface area (Å²) in [6.07, 6.45) is 0.217. The largest absolute Gasteiger partial charge is 0.375 e. The summed E-state index contributed by atoms with van der Waals surface area (Å²) in [6, 6.07) is 7.79. The molecule has 0 aliphatic carbocycles. The van der Waals surface area contributed by atoms with Crippen molar-refractivity contribution in [2.75, 3.05) is 5.73 Å². The highest BCUT2D eigenvalue weighted by Gasteiger charge is 2.29. The summed E-state index contributed by atoms with van der Waals surface area (Å²) in [6.45, 7) is 2.33. The number of aromatic amines is 1. The molecule has 4 N–H and O–H groups in total. The Morgan fingerprint density at radius 3 is 2.96 bits per heavy atom. The minimum atomic E-state index is -0.327. The molecule has 7 heteroatoms. The summed E-state index contributed by atoms with van der Waals surface area (Å²) >= 11 is 1.35. The van der Waals surface area contributed by atoms with Crippen molar-refractivity contribution < 1.29 is 4.79 Å². The fraction of sp³-hybridized carbons (Fsp3) is 0.235. The summed E-state index contributed by atoms with van der Waals surface area (Å²) in [7, 11) is 0. The Hall–Kier alpha value is -2.67. The lowest BCUT2D eigenvalue weighted by atomic mass is 9.93. The van der Waals surface area contributed by atoms with Crippen molar-refractivity contribution in [2.45, 2.75) is 25.8 Å². The summed E-state index contributed by atoms with van der Waals surface area (Å²) in [5.74, 6) is -0.418. The lowest BCUT2D eigenvalue weighted by molar-refractivity contribution is -0.121. The Balaban J connectivity index is 1.92. The van der Waals surface area contributed by atoms with Gasteiger partial charge in [0.2, 0.25) is 5.91 Å². The number of anilines is 1. The molecule has 1 amide bonds. The molecule has 4 rings (SSSR count). The van der Waals surface area contributed by atoms with Crippen molar-refractivity contribution in [1.82, 2.24) is 15.3 Å². The fourth-order valence-corrected chi connectivity index (χ4v) is 4.13. The first-order valence-electron chi connectivity index (χ1n) is 7.66. The van der Waals surface area contributed by atoms with Gasteiger partial charge in [-0.3, -0.25) is 9.59 Å². The van der Waals surface area contributed by atoms with Crippen molar-refractivity contribution in [3.05, 3.63) is 56.3 Å². The molecular formula is C17H16N4O2S. The number of nitrogen functional groups attached to an aromatic ring is 1. The van der Waals surface area contributed by atoms with Crippen LogP contribution in [0.15, 0.2) is 29.1 Å². The van der Waals surface area contributed by atoms with Gasteiger partial charge in [-0.25, -0.2) is 4.98 Å². The molecule has 1 aromatic carbocycles. The summed E-state index contributed by atoms with van der Waals surface area (Å²) in [4.78, 5) is 32.8. The summed E-state index contributed by atoms with van der Waals surface area (Å²) in [5, 5.41) is 4.21. The van der Waals surface area contributed by atoms with Crippen LogP contribution in [-0.4, -0.2) is 15.9 Å².